The van der Waals surface area contributed by atoms with Crippen molar-refractivity contribution in [2.75, 3.05) is 25.6 Å². The molecule has 0 saturated heterocycles. The van der Waals surface area contributed by atoms with E-state index in [-0.39, 0.29) is 12.6 Å². The van der Waals surface area contributed by atoms with E-state index in [4.69, 9.17) is 16.3 Å². The van der Waals surface area contributed by atoms with E-state index in [2.05, 4.69) is 22.2 Å². The number of anilines is 1. The van der Waals surface area contributed by atoms with Gasteiger partial charge in [0.2, 0.25) is 0 Å². The molecule has 18 heavy (non-hydrogen) atoms. The number of aliphatic hydroxyl groups is 1. The number of rotatable bonds is 7. The lowest BCUT2D eigenvalue weighted by molar-refractivity contribution is 0.153. The highest BCUT2D eigenvalue weighted by Crippen LogP contribution is 2.21. The van der Waals surface area contributed by atoms with Crippen molar-refractivity contribution in [1.29, 1.82) is 0 Å². The van der Waals surface area contributed by atoms with Crippen molar-refractivity contribution in [3.8, 4) is 0 Å². The van der Waals surface area contributed by atoms with E-state index in [1.807, 2.05) is 6.92 Å². The topological polar surface area (TPSA) is 67.3 Å². The van der Waals surface area contributed by atoms with Gasteiger partial charge in [0.1, 0.15) is 16.8 Å². The van der Waals surface area contributed by atoms with Gasteiger partial charge in [0.05, 0.1) is 19.3 Å². The average molecular weight is 274 g/mol. The summed E-state index contributed by atoms with van der Waals surface area (Å²) in [5, 5.41) is 12.8. The van der Waals surface area contributed by atoms with Crippen LogP contribution in [0.4, 0.5) is 5.82 Å². The zero-order chi connectivity index (χ0) is 13.5. The zero-order valence-corrected chi connectivity index (χ0v) is 11.8. The number of aliphatic hydroxyl groups excluding tert-OH is 1. The Morgan fingerprint density at radius 1 is 1.44 bits per heavy atom. The van der Waals surface area contributed by atoms with Gasteiger partial charge in [0, 0.05) is 19.1 Å². The molecule has 0 aliphatic carbocycles. The Morgan fingerprint density at radius 3 is 2.72 bits per heavy atom. The summed E-state index contributed by atoms with van der Waals surface area (Å²) in [6.45, 7) is 4.28. The standard InChI is InChI=1S/C12H20ClN3O2/c1-4-5-10-15-11(13)8(2)12(16-10)14-9(6-17)7-18-3/h9,17H,4-7H2,1-3H3,(H,14,15,16). The van der Waals surface area contributed by atoms with E-state index < -0.39 is 0 Å². The fourth-order valence-corrected chi connectivity index (χ4v) is 1.73. The number of halogens is 1. The summed E-state index contributed by atoms with van der Waals surface area (Å²) in [6, 6.07) is -0.200. The molecule has 1 aromatic heterocycles. The van der Waals surface area contributed by atoms with Crippen LogP contribution in [0.1, 0.15) is 24.7 Å². The lowest BCUT2D eigenvalue weighted by Gasteiger charge is -2.18. The molecule has 0 aliphatic rings. The third-order valence-corrected chi connectivity index (χ3v) is 2.90. The normalized spacial score (nSPS) is 12.5. The van der Waals surface area contributed by atoms with Crippen molar-refractivity contribution in [1.82, 2.24) is 9.97 Å². The van der Waals surface area contributed by atoms with E-state index in [9.17, 15) is 5.11 Å². The maximum Gasteiger partial charge on any atom is 0.137 e. The van der Waals surface area contributed by atoms with Crippen molar-refractivity contribution < 1.29 is 9.84 Å². The molecular weight excluding hydrogens is 254 g/mol. The van der Waals surface area contributed by atoms with Crippen LogP contribution in [0.15, 0.2) is 0 Å². The van der Waals surface area contributed by atoms with Crippen LogP contribution in [0.5, 0.6) is 0 Å². The molecule has 0 fully saturated rings. The van der Waals surface area contributed by atoms with Crippen molar-refractivity contribution in [2.45, 2.75) is 32.7 Å². The predicted octanol–water partition coefficient (Wildman–Crippen LogP) is 1.81. The first-order chi connectivity index (χ1) is 8.62. The summed E-state index contributed by atoms with van der Waals surface area (Å²) in [4.78, 5) is 8.64. The van der Waals surface area contributed by atoms with Crippen molar-refractivity contribution in [3.63, 3.8) is 0 Å². The van der Waals surface area contributed by atoms with Crippen LogP contribution in [0.3, 0.4) is 0 Å². The van der Waals surface area contributed by atoms with Crippen LogP contribution in [0.25, 0.3) is 0 Å². The number of ether oxygens (including phenoxy) is 1. The number of aromatic nitrogens is 2. The Hall–Kier alpha value is -0.910. The second-order valence-corrected chi connectivity index (χ2v) is 4.49. The summed E-state index contributed by atoms with van der Waals surface area (Å²) in [5.74, 6) is 1.37. The van der Waals surface area contributed by atoms with E-state index in [1.165, 1.54) is 0 Å². The highest BCUT2D eigenvalue weighted by atomic mass is 35.5. The SMILES string of the molecule is CCCc1nc(Cl)c(C)c(NC(CO)COC)n1. The molecule has 1 heterocycles. The first-order valence-electron chi connectivity index (χ1n) is 6.01. The van der Waals surface area contributed by atoms with Crippen LogP contribution in [-0.2, 0) is 11.2 Å². The quantitative estimate of drug-likeness (QED) is 0.742. The molecular formula is C12H20ClN3O2. The van der Waals surface area contributed by atoms with E-state index >= 15 is 0 Å². The van der Waals surface area contributed by atoms with E-state index in [0.717, 1.165) is 18.4 Å². The van der Waals surface area contributed by atoms with Crippen LogP contribution < -0.4 is 5.32 Å². The molecule has 0 radical (unpaired) electrons. The van der Waals surface area contributed by atoms with Gasteiger partial charge < -0.3 is 15.2 Å². The number of nitrogens with one attached hydrogen (secondary N) is 1. The summed E-state index contributed by atoms with van der Waals surface area (Å²) in [7, 11) is 1.59. The minimum atomic E-state index is -0.200. The van der Waals surface area contributed by atoms with Crippen LogP contribution in [0.2, 0.25) is 5.15 Å². The third kappa shape index (κ3) is 4.08. The molecule has 5 nitrogen and oxygen atoms in total. The Morgan fingerprint density at radius 2 is 2.17 bits per heavy atom. The first kappa shape index (κ1) is 15.1. The number of aryl methyl sites for hydroxylation is 1. The van der Waals surface area contributed by atoms with Crippen LogP contribution in [-0.4, -0.2) is 41.4 Å². The van der Waals surface area contributed by atoms with Gasteiger partial charge in [-0.3, -0.25) is 0 Å². The Bertz CT molecular complexity index is 388. The average Bonchev–Trinajstić information content (AvgIpc) is 2.35. The molecule has 2 N–H and O–H groups in total. The predicted molar refractivity (Wildman–Crippen MR) is 72.1 cm³/mol. The summed E-state index contributed by atoms with van der Waals surface area (Å²) in [6.07, 6.45) is 1.74. The van der Waals surface area contributed by atoms with Gasteiger partial charge in [-0.05, 0) is 13.3 Å². The molecule has 1 aromatic rings. The number of methoxy groups -OCH3 is 1. The minimum Gasteiger partial charge on any atom is -0.394 e. The van der Waals surface area contributed by atoms with Gasteiger partial charge in [-0.2, -0.15) is 0 Å². The highest BCUT2D eigenvalue weighted by molar-refractivity contribution is 6.30. The maximum absolute atomic E-state index is 9.23. The lowest BCUT2D eigenvalue weighted by atomic mass is 10.2. The van der Waals surface area contributed by atoms with Gasteiger partial charge in [-0.15, -0.1) is 0 Å². The van der Waals surface area contributed by atoms with Gasteiger partial charge in [-0.25, -0.2) is 9.97 Å². The second-order valence-electron chi connectivity index (χ2n) is 4.13. The van der Waals surface area contributed by atoms with Crippen LogP contribution in [0, 0.1) is 6.92 Å². The second kappa shape index (κ2) is 7.51. The Kier molecular flexibility index (Phi) is 6.32. The van der Waals surface area contributed by atoms with E-state index in [0.29, 0.717) is 23.4 Å². The molecule has 0 saturated carbocycles. The molecule has 6 heteroatoms. The monoisotopic (exact) mass is 273 g/mol. The molecule has 0 amide bonds. The Labute approximate surface area is 113 Å². The largest absolute Gasteiger partial charge is 0.394 e. The van der Waals surface area contributed by atoms with Gasteiger partial charge in [0.15, 0.2) is 0 Å². The summed E-state index contributed by atoms with van der Waals surface area (Å²) < 4.78 is 5.02. The van der Waals surface area contributed by atoms with Crippen molar-refractivity contribution >= 4 is 17.4 Å². The molecule has 0 aliphatic heterocycles. The van der Waals surface area contributed by atoms with Crippen molar-refractivity contribution in [2.24, 2.45) is 0 Å². The molecule has 0 aromatic carbocycles. The fraction of sp³-hybridized carbons (Fsp3) is 0.667. The third-order valence-electron chi connectivity index (χ3n) is 2.54. The fourth-order valence-electron chi connectivity index (χ4n) is 1.54. The first-order valence-corrected chi connectivity index (χ1v) is 6.39. The number of nitrogens with zero attached hydrogens (tertiary/aromatic N) is 2. The molecule has 1 atom stereocenters. The van der Waals surface area contributed by atoms with Crippen molar-refractivity contribution in [3.05, 3.63) is 16.5 Å². The smallest absolute Gasteiger partial charge is 0.137 e. The molecule has 1 rings (SSSR count). The molecule has 1 unspecified atom stereocenters. The molecule has 0 bridgehead atoms. The Balaban J connectivity index is 2.91. The molecule has 102 valence electrons. The summed E-state index contributed by atoms with van der Waals surface area (Å²) >= 11 is 6.07. The lowest BCUT2D eigenvalue weighted by Crippen LogP contribution is -2.29. The number of hydrogen-bond donors (Lipinski definition) is 2. The highest BCUT2D eigenvalue weighted by Gasteiger charge is 2.13. The minimum absolute atomic E-state index is 0.0297. The summed E-state index contributed by atoms with van der Waals surface area (Å²) in [5.41, 5.74) is 0.783. The number of hydrogen-bond acceptors (Lipinski definition) is 5. The van der Waals surface area contributed by atoms with Gasteiger partial charge in [-0.1, -0.05) is 18.5 Å². The molecule has 0 spiro atoms. The van der Waals surface area contributed by atoms with Gasteiger partial charge in [0.25, 0.3) is 0 Å². The zero-order valence-electron chi connectivity index (χ0n) is 11.0. The van der Waals surface area contributed by atoms with E-state index in [1.54, 1.807) is 7.11 Å². The van der Waals surface area contributed by atoms with Gasteiger partial charge >= 0.3 is 0 Å². The van der Waals surface area contributed by atoms with Crippen LogP contribution >= 0.6 is 11.6 Å². The maximum atomic E-state index is 9.23.